The smallest absolute Gasteiger partial charge is 0.264 e. The molecule has 0 unspecified atom stereocenters. The minimum atomic E-state index is -0.454. The number of likely N-dealkylation sites (tertiary alicyclic amines) is 1. The number of hydrogen-bond donors (Lipinski definition) is 1. The molecule has 7 heteroatoms. The van der Waals surface area contributed by atoms with Crippen molar-refractivity contribution in [2.24, 2.45) is 5.92 Å². The van der Waals surface area contributed by atoms with E-state index in [9.17, 15) is 9.59 Å². The van der Waals surface area contributed by atoms with Crippen LogP contribution < -0.4 is 5.32 Å². The minimum Gasteiger partial charge on any atom is -0.362 e. The van der Waals surface area contributed by atoms with Gasteiger partial charge in [-0.15, -0.1) is 11.3 Å². The molecule has 1 spiro atoms. The van der Waals surface area contributed by atoms with Crippen LogP contribution in [0.25, 0.3) is 0 Å². The van der Waals surface area contributed by atoms with Crippen LogP contribution in [0, 0.1) is 12.8 Å². The Bertz CT molecular complexity index is 869. The van der Waals surface area contributed by atoms with Gasteiger partial charge in [0.15, 0.2) is 0 Å². The van der Waals surface area contributed by atoms with Crippen LogP contribution in [0.1, 0.15) is 41.4 Å². The van der Waals surface area contributed by atoms with Gasteiger partial charge in [0.05, 0.1) is 22.4 Å². The molecular weight excluding hydrogens is 374 g/mol. The highest BCUT2D eigenvalue weighted by atomic mass is 32.1. The molecule has 0 saturated carbocycles. The van der Waals surface area contributed by atoms with Crippen molar-refractivity contribution in [3.05, 3.63) is 46.4 Å². The van der Waals surface area contributed by atoms with Gasteiger partial charge in [-0.05, 0) is 55.3 Å². The third kappa shape index (κ3) is 3.56. The first-order valence-corrected chi connectivity index (χ1v) is 10.6. The Balaban J connectivity index is 1.38. The van der Waals surface area contributed by atoms with E-state index in [4.69, 9.17) is 4.74 Å². The number of rotatable bonds is 3. The quantitative estimate of drug-likeness (QED) is 0.858. The summed E-state index contributed by atoms with van der Waals surface area (Å²) in [6.07, 6.45) is 5.16. The highest BCUT2D eigenvalue weighted by Crippen LogP contribution is 2.43. The van der Waals surface area contributed by atoms with Gasteiger partial charge in [0.2, 0.25) is 0 Å². The molecule has 28 heavy (non-hydrogen) atoms. The average Bonchev–Trinajstić information content (AvgIpc) is 3.32. The fourth-order valence-corrected chi connectivity index (χ4v) is 5.14. The molecule has 1 N–H and O–H groups in total. The summed E-state index contributed by atoms with van der Waals surface area (Å²) in [4.78, 5) is 32.2. The van der Waals surface area contributed by atoms with E-state index in [2.05, 4.69) is 17.2 Å². The number of amides is 2. The van der Waals surface area contributed by atoms with Gasteiger partial charge in [0, 0.05) is 25.2 Å². The highest BCUT2D eigenvalue weighted by Gasteiger charge is 2.49. The fourth-order valence-electron chi connectivity index (χ4n) is 4.25. The summed E-state index contributed by atoms with van der Waals surface area (Å²) in [5.41, 5.74) is 1.39. The zero-order valence-electron chi connectivity index (χ0n) is 16.2. The van der Waals surface area contributed by atoms with E-state index in [1.165, 1.54) is 11.3 Å². The predicted molar refractivity (Wildman–Crippen MR) is 108 cm³/mol. The third-order valence-electron chi connectivity index (χ3n) is 5.97. The molecule has 2 aliphatic rings. The van der Waals surface area contributed by atoms with Gasteiger partial charge in [-0.3, -0.25) is 14.6 Å². The zero-order chi connectivity index (χ0) is 19.7. The van der Waals surface area contributed by atoms with E-state index in [1.54, 1.807) is 18.5 Å². The lowest BCUT2D eigenvalue weighted by Gasteiger charge is -2.44. The van der Waals surface area contributed by atoms with E-state index in [0.717, 1.165) is 23.3 Å². The number of carbonyl (C=O) groups is 2. The number of piperidine rings is 1. The van der Waals surface area contributed by atoms with Crippen molar-refractivity contribution in [3.8, 4) is 0 Å². The minimum absolute atomic E-state index is 0.109. The van der Waals surface area contributed by atoms with Crippen LogP contribution in [-0.4, -0.2) is 46.5 Å². The van der Waals surface area contributed by atoms with Gasteiger partial charge in [0.1, 0.15) is 6.10 Å². The van der Waals surface area contributed by atoms with Crippen LogP contribution >= 0.6 is 11.3 Å². The highest BCUT2D eigenvalue weighted by molar-refractivity contribution is 7.12. The van der Waals surface area contributed by atoms with E-state index in [-0.39, 0.29) is 23.3 Å². The zero-order valence-corrected chi connectivity index (χ0v) is 17.0. The molecule has 2 aliphatic heterocycles. The Morgan fingerprint density at radius 3 is 2.89 bits per heavy atom. The number of hydrogen-bond acceptors (Lipinski definition) is 5. The third-order valence-corrected chi connectivity index (χ3v) is 6.97. The molecule has 6 nitrogen and oxygen atoms in total. The summed E-state index contributed by atoms with van der Waals surface area (Å²) in [6, 6.07) is 5.59. The predicted octanol–water partition coefficient (Wildman–Crippen LogP) is 3.49. The maximum atomic E-state index is 12.8. The average molecular weight is 400 g/mol. The molecule has 0 radical (unpaired) electrons. The molecule has 2 aromatic heterocycles. The topological polar surface area (TPSA) is 71.5 Å². The van der Waals surface area contributed by atoms with Crippen LogP contribution in [0.2, 0.25) is 0 Å². The first-order chi connectivity index (χ1) is 13.5. The van der Waals surface area contributed by atoms with E-state index >= 15 is 0 Å². The standard InChI is InChI=1S/C21H25N3O3S/c1-14-6-11-28-18(14)20(26)24-10-8-21(15(2)13-24)7-5-17(27-21)19(25)23-16-4-3-9-22-12-16/h3-4,6,9,11-12,15,17H,5,7-8,10,13H2,1-2H3,(H,23,25)/t15-,17+,21+/m0/s1. The molecule has 2 amide bonds. The Hall–Kier alpha value is -2.25. The van der Waals surface area contributed by atoms with Crippen LogP contribution in [0.3, 0.4) is 0 Å². The van der Waals surface area contributed by atoms with Crippen molar-refractivity contribution in [1.29, 1.82) is 0 Å². The molecule has 0 aromatic carbocycles. The van der Waals surface area contributed by atoms with Crippen molar-refractivity contribution < 1.29 is 14.3 Å². The second-order valence-corrected chi connectivity index (χ2v) is 8.69. The number of aryl methyl sites for hydroxylation is 1. The van der Waals surface area contributed by atoms with Gasteiger partial charge >= 0.3 is 0 Å². The molecule has 148 valence electrons. The monoisotopic (exact) mass is 399 g/mol. The summed E-state index contributed by atoms with van der Waals surface area (Å²) >= 11 is 1.50. The van der Waals surface area contributed by atoms with Crippen molar-refractivity contribution >= 4 is 28.8 Å². The van der Waals surface area contributed by atoms with Crippen LogP contribution in [0.5, 0.6) is 0 Å². The lowest BCUT2D eigenvalue weighted by atomic mass is 9.80. The van der Waals surface area contributed by atoms with Gasteiger partial charge < -0.3 is 15.0 Å². The lowest BCUT2D eigenvalue weighted by Crippen LogP contribution is -2.52. The number of ether oxygens (including phenoxy) is 1. The second kappa shape index (κ2) is 7.64. The first kappa shape index (κ1) is 19.1. The normalized spacial score (nSPS) is 27.1. The number of thiophene rings is 1. The first-order valence-electron chi connectivity index (χ1n) is 9.70. The molecule has 4 rings (SSSR count). The van der Waals surface area contributed by atoms with Crippen molar-refractivity contribution in [2.45, 2.75) is 44.8 Å². The lowest BCUT2D eigenvalue weighted by molar-refractivity contribution is -0.141. The largest absolute Gasteiger partial charge is 0.362 e. The molecule has 2 fully saturated rings. The number of anilines is 1. The van der Waals surface area contributed by atoms with E-state index in [1.807, 2.05) is 29.3 Å². The molecule has 2 aromatic rings. The van der Waals surface area contributed by atoms with Gasteiger partial charge in [-0.25, -0.2) is 0 Å². The van der Waals surface area contributed by atoms with Crippen LogP contribution in [-0.2, 0) is 9.53 Å². The van der Waals surface area contributed by atoms with Crippen LogP contribution in [0.4, 0.5) is 5.69 Å². The molecule has 2 saturated heterocycles. The van der Waals surface area contributed by atoms with Crippen molar-refractivity contribution in [2.75, 3.05) is 18.4 Å². The maximum Gasteiger partial charge on any atom is 0.264 e. The molecule has 0 aliphatic carbocycles. The molecular formula is C21H25N3O3S. The van der Waals surface area contributed by atoms with Gasteiger partial charge in [0.25, 0.3) is 11.8 Å². The van der Waals surface area contributed by atoms with E-state index < -0.39 is 6.10 Å². The number of nitrogens with zero attached hydrogens (tertiary/aromatic N) is 2. The number of nitrogens with one attached hydrogen (secondary N) is 1. The van der Waals surface area contributed by atoms with E-state index in [0.29, 0.717) is 25.2 Å². The Morgan fingerprint density at radius 2 is 2.21 bits per heavy atom. The molecule has 0 bridgehead atoms. The van der Waals surface area contributed by atoms with Gasteiger partial charge in [-0.1, -0.05) is 6.92 Å². The fraction of sp³-hybridized carbons (Fsp3) is 0.476. The summed E-state index contributed by atoms with van der Waals surface area (Å²) in [5.74, 6) is 0.171. The Labute approximate surface area is 168 Å². The molecule has 4 heterocycles. The summed E-state index contributed by atoms with van der Waals surface area (Å²) in [7, 11) is 0. The van der Waals surface area contributed by atoms with Gasteiger partial charge in [-0.2, -0.15) is 0 Å². The van der Waals surface area contributed by atoms with Crippen LogP contribution in [0.15, 0.2) is 36.0 Å². The number of pyridine rings is 1. The summed E-state index contributed by atoms with van der Waals surface area (Å²) in [5, 5.41) is 4.84. The van der Waals surface area contributed by atoms with Crippen molar-refractivity contribution in [1.82, 2.24) is 9.88 Å². The summed E-state index contributed by atoms with van der Waals surface area (Å²) in [6.45, 7) is 5.43. The SMILES string of the molecule is Cc1ccsc1C(=O)N1CC[C@]2(CC[C@H](C(=O)Nc3cccnc3)O2)[C@@H](C)C1. The Kier molecular flexibility index (Phi) is 5.21. The maximum absolute atomic E-state index is 12.8. The molecule has 3 atom stereocenters. The number of carbonyl (C=O) groups excluding carboxylic acids is 2. The number of aromatic nitrogens is 1. The Morgan fingerprint density at radius 1 is 1.36 bits per heavy atom. The van der Waals surface area contributed by atoms with Crippen molar-refractivity contribution in [3.63, 3.8) is 0 Å². The summed E-state index contributed by atoms with van der Waals surface area (Å²) < 4.78 is 6.31. The second-order valence-electron chi connectivity index (χ2n) is 7.78.